The Morgan fingerprint density at radius 3 is 2.65 bits per heavy atom. The maximum atomic E-state index is 11.9. The van der Waals surface area contributed by atoms with E-state index in [1.807, 2.05) is 0 Å². The fourth-order valence-electron chi connectivity index (χ4n) is 1.45. The molecule has 1 aliphatic rings. The minimum Gasteiger partial charge on any atom is -0.327 e. The van der Waals surface area contributed by atoms with Gasteiger partial charge in [0.1, 0.15) is 4.75 Å². The average molecular weight is 256 g/mol. The van der Waals surface area contributed by atoms with Crippen molar-refractivity contribution in [3.63, 3.8) is 0 Å². The second-order valence-electron chi connectivity index (χ2n) is 4.02. The Labute approximate surface area is 101 Å². The number of allylic oxidation sites excluding steroid dienone is 2. The number of carbonyl (C=O) groups excluding carboxylic acids is 1. The van der Waals surface area contributed by atoms with Crippen LogP contribution in [0.15, 0.2) is 36.7 Å². The third kappa shape index (κ3) is 2.97. The van der Waals surface area contributed by atoms with E-state index in [0.717, 1.165) is 6.20 Å². The maximum absolute atomic E-state index is 11.9. The van der Waals surface area contributed by atoms with Crippen molar-refractivity contribution in [1.29, 1.82) is 0 Å². The van der Waals surface area contributed by atoms with Crippen LogP contribution in [0.5, 0.6) is 0 Å². The Morgan fingerprint density at radius 1 is 1.59 bits per heavy atom. The van der Waals surface area contributed by atoms with E-state index in [1.165, 1.54) is 6.92 Å². The third-order valence-electron chi connectivity index (χ3n) is 2.52. The molecule has 1 amide bonds. The van der Waals surface area contributed by atoms with Gasteiger partial charge in [-0.2, -0.15) is 0 Å². The molecule has 2 N–H and O–H groups in total. The van der Waals surface area contributed by atoms with Gasteiger partial charge >= 0.3 is 0 Å². The zero-order chi connectivity index (χ0) is 13.1. The van der Waals surface area contributed by atoms with E-state index < -0.39 is 14.8 Å². The van der Waals surface area contributed by atoms with Crippen LogP contribution >= 0.6 is 0 Å². The molecule has 0 aliphatic heterocycles. The lowest BCUT2D eigenvalue weighted by molar-refractivity contribution is -0.118. The highest BCUT2D eigenvalue weighted by atomic mass is 32.2. The highest BCUT2D eigenvalue weighted by molar-refractivity contribution is 7.91. The predicted molar refractivity (Wildman–Crippen MR) is 66.3 cm³/mol. The van der Waals surface area contributed by atoms with Gasteiger partial charge in [-0.15, -0.1) is 0 Å². The van der Waals surface area contributed by atoms with Crippen LogP contribution in [0.4, 0.5) is 0 Å². The van der Waals surface area contributed by atoms with Crippen LogP contribution in [-0.4, -0.2) is 19.1 Å². The van der Waals surface area contributed by atoms with E-state index in [4.69, 9.17) is 0 Å². The van der Waals surface area contributed by atoms with Crippen LogP contribution in [0.25, 0.3) is 0 Å². The molecule has 1 atom stereocenters. The summed E-state index contributed by atoms with van der Waals surface area (Å²) in [5.41, 5.74) is 0.615. The zero-order valence-corrected chi connectivity index (χ0v) is 10.7. The molecule has 0 fully saturated rings. The highest BCUT2D eigenvalue weighted by Crippen LogP contribution is 2.27. The van der Waals surface area contributed by atoms with Gasteiger partial charge in [0.2, 0.25) is 15.9 Å². The summed E-state index contributed by atoms with van der Waals surface area (Å²) < 4.78 is 25.0. The van der Waals surface area contributed by atoms with Crippen LogP contribution in [0, 0.1) is 0 Å². The van der Waals surface area contributed by atoms with Gasteiger partial charge in [-0.3, -0.25) is 9.52 Å². The smallest absolute Gasteiger partial charge is 0.241 e. The SMILES string of the molecule is C=CNS(=O)(=O)C1(C)C=CC(NC(C)=O)=CC1. The summed E-state index contributed by atoms with van der Waals surface area (Å²) in [5, 5.41) is 2.60. The second-order valence-corrected chi connectivity index (χ2v) is 6.19. The molecule has 1 rings (SSSR count). The Morgan fingerprint density at radius 2 is 2.24 bits per heavy atom. The molecular formula is C11H16N2O3S. The lowest BCUT2D eigenvalue weighted by Gasteiger charge is -2.27. The van der Waals surface area contributed by atoms with E-state index in [-0.39, 0.29) is 5.91 Å². The first-order chi connectivity index (χ1) is 7.81. The first-order valence-corrected chi connectivity index (χ1v) is 6.59. The standard InChI is InChI=1S/C11H16N2O3S/c1-4-12-17(15,16)11(3)7-5-10(6-8-11)13-9(2)14/h4-7,12H,1,8H2,2-3H3,(H,13,14). The number of carbonyl (C=O) groups is 1. The summed E-state index contributed by atoms with van der Waals surface area (Å²) in [4.78, 5) is 10.8. The number of amides is 1. The molecule has 1 unspecified atom stereocenters. The summed E-state index contributed by atoms with van der Waals surface area (Å²) >= 11 is 0. The Bertz CT molecular complexity index is 491. The fraction of sp³-hybridized carbons (Fsp3) is 0.364. The molecule has 0 heterocycles. The van der Waals surface area contributed by atoms with Crippen molar-refractivity contribution < 1.29 is 13.2 Å². The summed E-state index contributed by atoms with van der Waals surface area (Å²) in [7, 11) is -3.50. The van der Waals surface area contributed by atoms with Gasteiger partial charge in [0.25, 0.3) is 0 Å². The third-order valence-corrected chi connectivity index (χ3v) is 4.52. The Balaban J connectivity index is 2.88. The van der Waals surface area contributed by atoms with E-state index in [2.05, 4.69) is 16.6 Å². The molecule has 0 saturated heterocycles. The lowest BCUT2D eigenvalue weighted by Crippen LogP contribution is -2.41. The number of sulfonamides is 1. The zero-order valence-electron chi connectivity index (χ0n) is 9.86. The molecule has 5 nitrogen and oxygen atoms in total. The van der Waals surface area contributed by atoms with E-state index in [0.29, 0.717) is 12.1 Å². The minimum atomic E-state index is -3.50. The molecule has 1 aliphatic carbocycles. The Hall–Kier alpha value is -1.56. The van der Waals surface area contributed by atoms with Gasteiger partial charge in [0.05, 0.1) is 0 Å². The molecule has 94 valence electrons. The normalized spacial score (nSPS) is 23.8. The first-order valence-electron chi connectivity index (χ1n) is 5.10. The van der Waals surface area contributed by atoms with Crippen LogP contribution in [0.2, 0.25) is 0 Å². The van der Waals surface area contributed by atoms with Gasteiger partial charge in [-0.1, -0.05) is 18.7 Å². The van der Waals surface area contributed by atoms with Crippen molar-refractivity contribution >= 4 is 15.9 Å². The lowest BCUT2D eigenvalue weighted by atomic mass is 10.0. The van der Waals surface area contributed by atoms with Gasteiger partial charge in [0.15, 0.2) is 0 Å². The van der Waals surface area contributed by atoms with Crippen molar-refractivity contribution in [2.24, 2.45) is 0 Å². The number of nitrogens with one attached hydrogen (secondary N) is 2. The number of hydrogen-bond donors (Lipinski definition) is 2. The van der Waals surface area contributed by atoms with Crippen LogP contribution in [-0.2, 0) is 14.8 Å². The molecule has 0 saturated carbocycles. The van der Waals surface area contributed by atoms with Gasteiger partial charge in [-0.05, 0) is 19.4 Å². The first kappa shape index (κ1) is 13.5. The molecule has 0 aromatic rings. The fourth-order valence-corrected chi connectivity index (χ4v) is 2.49. The van der Waals surface area contributed by atoms with E-state index >= 15 is 0 Å². The number of hydrogen-bond acceptors (Lipinski definition) is 3. The van der Waals surface area contributed by atoms with E-state index in [1.54, 1.807) is 25.2 Å². The Kier molecular flexibility index (Phi) is 3.77. The highest BCUT2D eigenvalue weighted by Gasteiger charge is 2.36. The van der Waals surface area contributed by atoms with E-state index in [9.17, 15) is 13.2 Å². The van der Waals surface area contributed by atoms with Gasteiger partial charge in [-0.25, -0.2) is 8.42 Å². The molecule has 0 aromatic carbocycles. The molecule has 17 heavy (non-hydrogen) atoms. The van der Waals surface area contributed by atoms with Crippen molar-refractivity contribution in [2.75, 3.05) is 0 Å². The van der Waals surface area contributed by atoms with Crippen LogP contribution < -0.4 is 10.0 Å². The monoisotopic (exact) mass is 256 g/mol. The van der Waals surface area contributed by atoms with Crippen molar-refractivity contribution in [3.8, 4) is 0 Å². The maximum Gasteiger partial charge on any atom is 0.241 e. The minimum absolute atomic E-state index is 0.184. The molecule has 0 spiro atoms. The molecule has 0 aromatic heterocycles. The summed E-state index contributed by atoms with van der Waals surface area (Å²) in [6, 6.07) is 0. The molecule has 0 radical (unpaired) electrons. The van der Waals surface area contributed by atoms with Crippen LogP contribution in [0.1, 0.15) is 20.3 Å². The van der Waals surface area contributed by atoms with Crippen molar-refractivity contribution in [1.82, 2.24) is 10.0 Å². The largest absolute Gasteiger partial charge is 0.327 e. The topological polar surface area (TPSA) is 75.3 Å². The quantitative estimate of drug-likeness (QED) is 0.780. The molecule has 6 heteroatoms. The summed E-state index contributed by atoms with van der Waals surface area (Å²) in [6.07, 6.45) is 6.27. The van der Waals surface area contributed by atoms with Gasteiger partial charge < -0.3 is 5.32 Å². The predicted octanol–water partition coefficient (Wildman–Crippen LogP) is 0.788. The van der Waals surface area contributed by atoms with Crippen molar-refractivity contribution in [2.45, 2.75) is 25.0 Å². The van der Waals surface area contributed by atoms with Crippen molar-refractivity contribution in [3.05, 3.63) is 36.7 Å². The summed E-state index contributed by atoms with van der Waals surface area (Å²) in [5.74, 6) is -0.184. The average Bonchev–Trinajstić information content (AvgIpc) is 2.21. The summed E-state index contributed by atoms with van der Waals surface area (Å²) in [6.45, 7) is 6.35. The number of rotatable bonds is 4. The molecule has 0 bridgehead atoms. The molecular weight excluding hydrogens is 240 g/mol. The van der Waals surface area contributed by atoms with Crippen LogP contribution in [0.3, 0.4) is 0 Å². The second kappa shape index (κ2) is 4.75. The van der Waals surface area contributed by atoms with Gasteiger partial charge in [0, 0.05) is 18.8 Å².